The number of ether oxygens (including phenoxy) is 2. The van der Waals surface area contributed by atoms with E-state index in [1.807, 2.05) is 73.7 Å². The smallest absolute Gasteiger partial charge is 0.250 e. The molecule has 3 aromatic carbocycles. The summed E-state index contributed by atoms with van der Waals surface area (Å²) < 4.78 is 14.5. The summed E-state index contributed by atoms with van der Waals surface area (Å²) in [6, 6.07) is 21.6. The van der Waals surface area contributed by atoms with E-state index in [1.165, 1.54) is 11.8 Å². The van der Waals surface area contributed by atoms with Crippen LogP contribution in [0.5, 0.6) is 11.5 Å². The zero-order valence-corrected chi connectivity index (χ0v) is 21.6. The van der Waals surface area contributed by atoms with Gasteiger partial charge in [0.25, 0.3) is 5.91 Å². The van der Waals surface area contributed by atoms with Gasteiger partial charge in [-0.1, -0.05) is 54.2 Å². The molecule has 0 saturated heterocycles. The third-order valence-electron chi connectivity index (χ3n) is 4.56. The molecule has 0 fully saturated rings. The summed E-state index contributed by atoms with van der Waals surface area (Å²) in [6.07, 6.45) is 1.58. The zero-order chi connectivity index (χ0) is 23.8. The van der Waals surface area contributed by atoms with Crippen LogP contribution in [-0.2, 0) is 11.4 Å². The predicted octanol–water partition coefficient (Wildman–Crippen LogP) is 6.28. The van der Waals surface area contributed by atoms with E-state index in [0.717, 1.165) is 30.2 Å². The van der Waals surface area contributed by atoms with Gasteiger partial charge >= 0.3 is 0 Å². The van der Waals surface area contributed by atoms with Gasteiger partial charge in [0.05, 0.1) is 33.3 Å². The molecule has 174 valence electrons. The van der Waals surface area contributed by atoms with Crippen LogP contribution >= 0.6 is 39.0 Å². The number of thiazole rings is 1. The average Bonchev–Trinajstić information content (AvgIpc) is 3.26. The summed E-state index contributed by atoms with van der Waals surface area (Å²) in [5.74, 6) is 1.26. The molecular formula is C25H22BrN3O3S2. The largest absolute Gasteiger partial charge is 0.490 e. The number of benzene rings is 3. The molecule has 0 unspecified atom stereocenters. The van der Waals surface area contributed by atoms with E-state index >= 15 is 0 Å². The molecule has 1 heterocycles. The highest BCUT2D eigenvalue weighted by molar-refractivity contribution is 9.10. The molecule has 0 aliphatic rings. The second kappa shape index (κ2) is 12.0. The molecule has 6 nitrogen and oxygen atoms in total. The minimum absolute atomic E-state index is 0.201. The molecule has 1 amide bonds. The van der Waals surface area contributed by atoms with Gasteiger partial charge in [0.1, 0.15) is 6.61 Å². The predicted molar refractivity (Wildman–Crippen MR) is 142 cm³/mol. The first-order valence-corrected chi connectivity index (χ1v) is 13.1. The minimum atomic E-state index is -0.201. The Bertz CT molecular complexity index is 1260. The lowest BCUT2D eigenvalue weighted by molar-refractivity contribution is -0.118. The molecule has 9 heteroatoms. The van der Waals surface area contributed by atoms with E-state index in [-0.39, 0.29) is 11.7 Å². The maximum absolute atomic E-state index is 12.2. The van der Waals surface area contributed by atoms with Gasteiger partial charge in [-0.3, -0.25) is 4.79 Å². The van der Waals surface area contributed by atoms with Crippen molar-refractivity contribution in [3.8, 4) is 11.5 Å². The SMILES string of the molecule is CCOc1cc(/C=N\NC(=O)CSc2nc3ccccc3s2)cc(Br)c1OCc1ccccc1. The maximum atomic E-state index is 12.2. The number of hydrazone groups is 1. The van der Waals surface area contributed by atoms with Crippen LogP contribution in [0.4, 0.5) is 0 Å². The normalized spacial score (nSPS) is 11.1. The van der Waals surface area contributed by atoms with Crippen molar-refractivity contribution >= 4 is 61.4 Å². The molecule has 4 aromatic rings. The van der Waals surface area contributed by atoms with Crippen molar-refractivity contribution < 1.29 is 14.3 Å². The number of hydrogen-bond donors (Lipinski definition) is 1. The average molecular weight is 557 g/mol. The topological polar surface area (TPSA) is 72.8 Å². The third-order valence-corrected chi connectivity index (χ3v) is 7.33. The van der Waals surface area contributed by atoms with Crippen LogP contribution in [0.2, 0.25) is 0 Å². The Balaban J connectivity index is 1.35. The van der Waals surface area contributed by atoms with Crippen LogP contribution in [0.3, 0.4) is 0 Å². The van der Waals surface area contributed by atoms with Crippen molar-refractivity contribution in [1.29, 1.82) is 0 Å². The fourth-order valence-electron chi connectivity index (χ4n) is 3.05. The van der Waals surface area contributed by atoms with Gasteiger partial charge in [-0.05, 0) is 58.2 Å². The van der Waals surface area contributed by atoms with Crippen molar-refractivity contribution in [2.75, 3.05) is 12.4 Å². The molecule has 0 spiro atoms. The molecule has 0 saturated carbocycles. The number of aromatic nitrogens is 1. The van der Waals surface area contributed by atoms with E-state index in [9.17, 15) is 4.79 Å². The second-order valence-corrected chi connectivity index (χ2v) is 10.2. The first kappa shape index (κ1) is 24.3. The number of para-hydroxylation sites is 1. The number of rotatable bonds is 10. The van der Waals surface area contributed by atoms with Crippen molar-refractivity contribution in [2.24, 2.45) is 5.10 Å². The molecule has 0 bridgehead atoms. The highest BCUT2D eigenvalue weighted by atomic mass is 79.9. The summed E-state index contributed by atoms with van der Waals surface area (Å²) in [5.41, 5.74) is 5.34. The van der Waals surface area contributed by atoms with Gasteiger partial charge in [-0.2, -0.15) is 5.10 Å². The lowest BCUT2D eigenvalue weighted by Gasteiger charge is -2.14. The highest BCUT2D eigenvalue weighted by Gasteiger charge is 2.12. The Morgan fingerprint density at radius 2 is 1.94 bits per heavy atom. The Morgan fingerprint density at radius 1 is 1.15 bits per heavy atom. The Morgan fingerprint density at radius 3 is 2.74 bits per heavy atom. The summed E-state index contributed by atoms with van der Waals surface area (Å²) in [7, 11) is 0. The van der Waals surface area contributed by atoms with E-state index in [4.69, 9.17) is 9.47 Å². The van der Waals surface area contributed by atoms with Crippen LogP contribution in [-0.4, -0.2) is 29.5 Å². The van der Waals surface area contributed by atoms with Crippen LogP contribution in [0, 0.1) is 0 Å². The third kappa shape index (κ3) is 6.59. The summed E-state index contributed by atoms with van der Waals surface area (Å²) in [6.45, 7) is 2.84. The first-order valence-electron chi connectivity index (χ1n) is 10.6. The standard InChI is InChI=1S/C25H22BrN3O3S2/c1-2-31-21-13-18(12-19(26)24(21)32-15-17-8-4-3-5-9-17)14-27-29-23(30)16-33-25-28-20-10-6-7-11-22(20)34-25/h3-14H,2,15-16H2,1H3,(H,29,30)/b27-14-. The first-order chi connectivity index (χ1) is 16.6. The Kier molecular flexibility index (Phi) is 8.56. The van der Waals surface area contributed by atoms with Crippen LogP contribution in [0.25, 0.3) is 10.2 Å². The quantitative estimate of drug-likeness (QED) is 0.141. The highest BCUT2D eigenvalue weighted by Crippen LogP contribution is 2.37. The Labute approximate surface area is 214 Å². The summed E-state index contributed by atoms with van der Waals surface area (Å²) in [4.78, 5) is 16.7. The molecule has 0 atom stereocenters. The number of nitrogens with one attached hydrogen (secondary N) is 1. The molecule has 34 heavy (non-hydrogen) atoms. The number of fused-ring (bicyclic) bond motifs is 1. The number of halogens is 1. The molecule has 0 aliphatic heterocycles. The molecule has 4 rings (SSSR count). The lowest BCUT2D eigenvalue weighted by Crippen LogP contribution is -2.19. The van der Waals surface area contributed by atoms with Gasteiger partial charge in [0, 0.05) is 0 Å². The van der Waals surface area contributed by atoms with Crippen molar-refractivity contribution in [3.05, 3.63) is 82.3 Å². The number of carbonyl (C=O) groups is 1. The van der Waals surface area contributed by atoms with E-state index in [2.05, 4.69) is 31.4 Å². The van der Waals surface area contributed by atoms with Crippen LogP contribution < -0.4 is 14.9 Å². The number of hydrogen-bond acceptors (Lipinski definition) is 7. The lowest BCUT2D eigenvalue weighted by atomic mass is 10.2. The molecule has 0 radical (unpaired) electrons. The van der Waals surface area contributed by atoms with Crippen molar-refractivity contribution in [1.82, 2.24) is 10.4 Å². The van der Waals surface area contributed by atoms with E-state index < -0.39 is 0 Å². The van der Waals surface area contributed by atoms with Gasteiger partial charge in [-0.15, -0.1) is 11.3 Å². The van der Waals surface area contributed by atoms with Gasteiger partial charge in [-0.25, -0.2) is 10.4 Å². The number of nitrogens with zero attached hydrogens (tertiary/aromatic N) is 2. The van der Waals surface area contributed by atoms with E-state index in [0.29, 0.717) is 24.7 Å². The summed E-state index contributed by atoms with van der Waals surface area (Å²) in [5, 5.41) is 4.09. The number of thioether (sulfide) groups is 1. The molecular weight excluding hydrogens is 534 g/mol. The zero-order valence-electron chi connectivity index (χ0n) is 18.4. The van der Waals surface area contributed by atoms with E-state index in [1.54, 1.807) is 17.6 Å². The number of amides is 1. The minimum Gasteiger partial charge on any atom is -0.490 e. The van der Waals surface area contributed by atoms with Gasteiger partial charge in [0.2, 0.25) is 0 Å². The molecule has 1 aromatic heterocycles. The Hall–Kier alpha value is -2.88. The fourth-order valence-corrected chi connectivity index (χ4v) is 5.48. The monoisotopic (exact) mass is 555 g/mol. The number of carbonyl (C=O) groups excluding carboxylic acids is 1. The second-order valence-electron chi connectivity index (χ2n) is 7.07. The summed E-state index contributed by atoms with van der Waals surface area (Å²) >= 11 is 6.53. The fraction of sp³-hybridized carbons (Fsp3) is 0.160. The molecule has 1 N–H and O–H groups in total. The van der Waals surface area contributed by atoms with Crippen molar-refractivity contribution in [2.45, 2.75) is 17.9 Å². The van der Waals surface area contributed by atoms with Crippen molar-refractivity contribution in [3.63, 3.8) is 0 Å². The van der Waals surface area contributed by atoms with Crippen LogP contribution in [0.1, 0.15) is 18.1 Å². The molecule has 0 aliphatic carbocycles. The maximum Gasteiger partial charge on any atom is 0.250 e. The van der Waals surface area contributed by atoms with Gasteiger partial charge < -0.3 is 9.47 Å². The van der Waals surface area contributed by atoms with Crippen LogP contribution in [0.15, 0.2) is 80.6 Å². The van der Waals surface area contributed by atoms with Gasteiger partial charge in [0.15, 0.2) is 15.8 Å².